The zero-order chi connectivity index (χ0) is 20.2. The van der Waals surface area contributed by atoms with Crippen LogP contribution in [0.4, 0.5) is 0 Å². The van der Waals surface area contributed by atoms with Gasteiger partial charge in [-0.15, -0.1) is 0 Å². The molecule has 1 amide bonds. The number of carbonyl (C=O) groups excluding carboxylic acids is 1. The van der Waals surface area contributed by atoms with Gasteiger partial charge < -0.3 is 14.2 Å². The first-order valence-electron chi connectivity index (χ1n) is 9.70. The number of para-hydroxylation sites is 1. The van der Waals surface area contributed by atoms with Gasteiger partial charge in [0.1, 0.15) is 5.75 Å². The van der Waals surface area contributed by atoms with E-state index in [1.54, 1.807) is 18.2 Å². The third-order valence-electron chi connectivity index (χ3n) is 5.01. The number of halogens is 1. The van der Waals surface area contributed by atoms with E-state index in [9.17, 15) is 4.79 Å². The maximum atomic E-state index is 12.5. The molecule has 0 aliphatic carbocycles. The second-order valence-corrected chi connectivity index (χ2v) is 7.74. The van der Waals surface area contributed by atoms with E-state index in [1.807, 2.05) is 35.2 Å². The molecule has 4 rings (SSSR count). The minimum atomic E-state index is -0.00831. The molecular formula is C22H22ClN3O3. The van der Waals surface area contributed by atoms with Crippen LogP contribution in [0.3, 0.4) is 0 Å². The summed E-state index contributed by atoms with van der Waals surface area (Å²) in [6.07, 6.45) is 2.21. The summed E-state index contributed by atoms with van der Waals surface area (Å²) in [7, 11) is 0. The van der Waals surface area contributed by atoms with Gasteiger partial charge in [-0.2, -0.15) is 4.98 Å². The van der Waals surface area contributed by atoms with E-state index >= 15 is 0 Å². The van der Waals surface area contributed by atoms with Gasteiger partial charge in [-0.25, -0.2) is 0 Å². The van der Waals surface area contributed by atoms with Crippen LogP contribution in [0.25, 0.3) is 22.8 Å². The Kier molecular flexibility index (Phi) is 5.81. The molecule has 1 fully saturated rings. The van der Waals surface area contributed by atoms with Crippen molar-refractivity contribution in [3.8, 4) is 28.6 Å². The highest BCUT2D eigenvalue weighted by Crippen LogP contribution is 2.30. The quantitative estimate of drug-likeness (QED) is 0.609. The first kappa shape index (κ1) is 19.5. The van der Waals surface area contributed by atoms with Gasteiger partial charge in [0, 0.05) is 23.7 Å². The van der Waals surface area contributed by atoms with Crippen molar-refractivity contribution in [3.63, 3.8) is 0 Å². The van der Waals surface area contributed by atoms with Crippen molar-refractivity contribution in [2.75, 3.05) is 19.7 Å². The summed E-state index contributed by atoms with van der Waals surface area (Å²) < 4.78 is 11.2. The van der Waals surface area contributed by atoms with E-state index in [2.05, 4.69) is 17.1 Å². The lowest BCUT2D eigenvalue weighted by Gasteiger charge is -2.30. The zero-order valence-electron chi connectivity index (χ0n) is 16.2. The van der Waals surface area contributed by atoms with Gasteiger partial charge in [0.25, 0.3) is 11.8 Å². The van der Waals surface area contributed by atoms with Crippen LogP contribution in [-0.2, 0) is 4.79 Å². The van der Waals surface area contributed by atoms with E-state index in [-0.39, 0.29) is 12.5 Å². The summed E-state index contributed by atoms with van der Waals surface area (Å²) in [6.45, 7) is 3.75. The number of aromatic nitrogens is 2. The molecule has 0 unspecified atom stereocenters. The average Bonchev–Trinajstić information content (AvgIpc) is 3.23. The Hall–Kier alpha value is -2.86. The maximum Gasteiger partial charge on any atom is 0.260 e. The van der Waals surface area contributed by atoms with Crippen molar-refractivity contribution < 1.29 is 14.1 Å². The van der Waals surface area contributed by atoms with Crippen LogP contribution >= 0.6 is 11.6 Å². The van der Waals surface area contributed by atoms with Crippen molar-refractivity contribution in [1.29, 1.82) is 0 Å². The molecule has 7 heteroatoms. The van der Waals surface area contributed by atoms with E-state index in [0.717, 1.165) is 25.1 Å². The number of hydrogen-bond acceptors (Lipinski definition) is 5. The molecule has 1 atom stereocenters. The topological polar surface area (TPSA) is 68.5 Å². The minimum Gasteiger partial charge on any atom is -0.483 e. The molecule has 1 aromatic heterocycles. The molecule has 0 N–H and O–H groups in total. The molecule has 2 heterocycles. The fourth-order valence-corrected chi connectivity index (χ4v) is 3.59. The van der Waals surface area contributed by atoms with Crippen LogP contribution in [0.15, 0.2) is 53.1 Å². The molecule has 1 aliphatic heterocycles. The van der Waals surface area contributed by atoms with Crippen LogP contribution in [0, 0.1) is 5.92 Å². The Balaban J connectivity index is 1.48. The third-order valence-corrected chi connectivity index (χ3v) is 5.26. The highest BCUT2D eigenvalue weighted by Gasteiger charge is 2.22. The van der Waals surface area contributed by atoms with Gasteiger partial charge in [-0.1, -0.05) is 35.8 Å². The van der Waals surface area contributed by atoms with Crippen molar-refractivity contribution in [3.05, 3.63) is 53.6 Å². The van der Waals surface area contributed by atoms with Gasteiger partial charge in [-0.05, 0) is 55.2 Å². The lowest BCUT2D eigenvalue weighted by Crippen LogP contribution is -2.41. The highest BCUT2D eigenvalue weighted by molar-refractivity contribution is 6.30. The number of amides is 1. The number of likely N-dealkylation sites (tertiary alicyclic amines) is 1. The minimum absolute atomic E-state index is 0.00122. The predicted octanol–water partition coefficient (Wildman–Crippen LogP) is 4.69. The SMILES string of the molecule is C[C@H]1CCCN(C(=O)COc2ccccc2-c2noc(-c3ccc(Cl)cc3)n2)C1. The molecule has 150 valence electrons. The monoisotopic (exact) mass is 411 g/mol. The molecule has 29 heavy (non-hydrogen) atoms. The van der Waals surface area contributed by atoms with Crippen LogP contribution in [-0.4, -0.2) is 40.6 Å². The number of hydrogen-bond donors (Lipinski definition) is 0. The molecule has 6 nitrogen and oxygen atoms in total. The normalized spacial score (nSPS) is 16.6. The zero-order valence-corrected chi connectivity index (χ0v) is 16.9. The Morgan fingerprint density at radius 3 is 2.83 bits per heavy atom. The summed E-state index contributed by atoms with van der Waals surface area (Å²) in [5.74, 6) is 1.88. The van der Waals surface area contributed by atoms with Crippen molar-refractivity contribution in [1.82, 2.24) is 15.0 Å². The number of nitrogens with zero attached hydrogens (tertiary/aromatic N) is 3. The van der Waals surface area contributed by atoms with Crippen molar-refractivity contribution >= 4 is 17.5 Å². The fourth-order valence-electron chi connectivity index (χ4n) is 3.47. The Bertz CT molecular complexity index is 987. The van der Waals surface area contributed by atoms with E-state index < -0.39 is 0 Å². The van der Waals surface area contributed by atoms with E-state index in [0.29, 0.717) is 34.0 Å². The second-order valence-electron chi connectivity index (χ2n) is 7.30. The van der Waals surface area contributed by atoms with Crippen LogP contribution in [0.1, 0.15) is 19.8 Å². The standard InChI is InChI=1S/C22H22ClN3O3/c1-15-5-4-12-26(13-15)20(27)14-28-19-7-3-2-6-18(19)21-24-22(29-25-21)16-8-10-17(23)11-9-16/h2-3,6-11,15H,4-5,12-14H2,1H3/t15-/m0/s1. The summed E-state index contributed by atoms with van der Waals surface area (Å²) in [5.41, 5.74) is 1.46. The molecular weight excluding hydrogens is 390 g/mol. The molecule has 3 aromatic rings. The van der Waals surface area contributed by atoms with Crippen molar-refractivity contribution in [2.24, 2.45) is 5.92 Å². The van der Waals surface area contributed by atoms with Crippen LogP contribution in [0.2, 0.25) is 5.02 Å². The van der Waals surface area contributed by atoms with Crippen LogP contribution in [0.5, 0.6) is 5.75 Å². The fraction of sp³-hybridized carbons (Fsp3) is 0.318. The molecule has 1 aliphatic rings. The molecule has 1 saturated heterocycles. The van der Waals surface area contributed by atoms with Crippen molar-refractivity contribution in [2.45, 2.75) is 19.8 Å². The summed E-state index contributed by atoms with van der Waals surface area (Å²) in [6, 6.07) is 14.6. The molecule has 0 saturated carbocycles. The number of ether oxygens (including phenoxy) is 1. The number of piperidine rings is 1. The summed E-state index contributed by atoms with van der Waals surface area (Å²) in [5, 5.41) is 4.72. The van der Waals surface area contributed by atoms with Gasteiger partial charge >= 0.3 is 0 Å². The lowest BCUT2D eigenvalue weighted by molar-refractivity contribution is -0.135. The molecule has 0 bridgehead atoms. The Morgan fingerprint density at radius 1 is 1.24 bits per heavy atom. The van der Waals surface area contributed by atoms with Gasteiger partial charge in [-0.3, -0.25) is 4.79 Å². The average molecular weight is 412 g/mol. The smallest absolute Gasteiger partial charge is 0.260 e. The second kappa shape index (κ2) is 8.66. The number of rotatable bonds is 5. The largest absolute Gasteiger partial charge is 0.483 e. The molecule has 0 spiro atoms. The first-order valence-corrected chi connectivity index (χ1v) is 10.1. The van der Waals surface area contributed by atoms with Gasteiger partial charge in [0.05, 0.1) is 5.56 Å². The van der Waals surface area contributed by atoms with Gasteiger partial charge in [0.15, 0.2) is 6.61 Å². The van der Waals surface area contributed by atoms with Gasteiger partial charge in [0.2, 0.25) is 5.82 Å². The maximum absolute atomic E-state index is 12.5. The summed E-state index contributed by atoms with van der Waals surface area (Å²) >= 11 is 5.93. The van der Waals surface area contributed by atoms with E-state index in [1.165, 1.54) is 6.42 Å². The molecule has 0 radical (unpaired) electrons. The third kappa shape index (κ3) is 4.59. The van der Waals surface area contributed by atoms with E-state index in [4.69, 9.17) is 20.9 Å². The summed E-state index contributed by atoms with van der Waals surface area (Å²) in [4.78, 5) is 18.9. The van der Waals surface area contributed by atoms with Crippen LogP contribution < -0.4 is 4.74 Å². The predicted molar refractivity (Wildman–Crippen MR) is 111 cm³/mol. The lowest BCUT2D eigenvalue weighted by atomic mass is 10.0. The molecule has 2 aromatic carbocycles. The number of carbonyl (C=O) groups is 1. The number of benzene rings is 2. The Labute approximate surface area is 174 Å². The highest BCUT2D eigenvalue weighted by atomic mass is 35.5. The Morgan fingerprint density at radius 2 is 2.03 bits per heavy atom. The first-order chi connectivity index (χ1) is 14.1.